The Bertz CT molecular complexity index is 450. The Kier molecular flexibility index (Phi) is 4.39. The molecule has 1 aromatic carbocycles. The van der Waals surface area contributed by atoms with Gasteiger partial charge in [0.15, 0.2) is 6.29 Å². The summed E-state index contributed by atoms with van der Waals surface area (Å²) in [5.41, 5.74) is 0.113. The maximum Gasteiger partial charge on any atom is 0.379 e. The predicted molar refractivity (Wildman–Crippen MR) is 59.3 cm³/mol. The van der Waals surface area contributed by atoms with E-state index in [0.717, 1.165) is 0 Å². The first-order valence-corrected chi connectivity index (χ1v) is 4.98. The van der Waals surface area contributed by atoms with Crippen molar-refractivity contribution in [3.63, 3.8) is 0 Å². The minimum absolute atomic E-state index is 0.0159. The highest BCUT2D eigenvalue weighted by molar-refractivity contribution is 6.41. The molecule has 0 aliphatic rings. The molecule has 0 unspecified atom stereocenters. The van der Waals surface area contributed by atoms with E-state index in [1.54, 1.807) is 6.92 Å². The Morgan fingerprint density at radius 1 is 1.35 bits per heavy atom. The third kappa shape index (κ3) is 2.90. The molecule has 5 nitrogen and oxygen atoms in total. The van der Waals surface area contributed by atoms with Crippen LogP contribution in [0.15, 0.2) is 18.2 Å². The molecule has 0 aliphatic heterocycles. The van der Waals surface area contributed by atoms with Crippen LogP contribution in [0.1, 0.15) is 27.6 Å². The smallest absolute Gasteiger partial charge is 0.379 e. The van der Waals surface area contributed by atoms with Gasteiger partial charge in [0.2, 0.25) is 0 Å². The summed E-state index contributed by atoms with van der Waals surface area (Å²) in [7, 11) is 1.43. The zero-order valence-corrected chi connectivity index (χ0v) is 9.56. The SMILES string of the molecule is CCOC(=O)C(=O)c1cc(OC)ccc1C=O. The largest absolute Gasteiger partial charge is 0.497 e. The molecule has 0 heterocycles. The number of benzene rings is 1. The van der Waals surface area contributed by atoms with Crippen molar-refractivity contribution >= 4 is 18.0 Å². The van der Waals surface area contributed by atoms with E-state index in [9.17, 15) is 14.4 Å². The van der Waals surface area contributed by atoms with Gasteiger partial charge in [-0.25, -0.2) is 4.79 Å². The Labute approximate surface area is 98.3 Å². The van der Waals surface area contributed by atoms with Crippen molar-refractivity contribution in [2.75, 3.05) is 13.7 Å². The van der Waals surface area contributed by atoms with Crippen LogP contribution in [-0.2, 0) is 9.53 Å². The molecule has 0 fully saturated rings. The van der Waals surface area contributed by atoms with E-state index in [0.29, 0.717) is 12.0 Å². The van der Waals surface area contributed by atoms with E-state index in [1.807, 2.05) is 0 Å². The number of esters is 1. The molecule has 1 rings (SSSR count). The molecule has 0 bridgehead atoms. The van der Waals surface area contributed by atoms with Crippen LogP contribution in [0.4, 0.5) is 0 Å². The third-order valence-corrected chi connectivity index (χ3v) is 2.09. The van der Waals surface area contributed by atoms with Gasteiger partial charge in [-0.2, -0.15) is 0 Å². The first kappa shape index (κ1) is 12.9. The van der Waals surface area contributed by atoms with E-state index in [1.165, 1.54) is 25.3 Å². The second-order valence-corrected chi connectivity index (χ2v) is 3.12. The molecule has 0 saturated heterocycles. The highest BCUT2D eigenvalue weighted by Gasteiger charge is 2.21. The van der Waals surface area contributed by atoms with E-state index >= 15 is 0 Å². The average Bonchev–Trinajstić information content (AvgIpc) is 2.37. The van der Waals surface area contributed by atoms with Crippen molar-refractivity contribution in [1.82, 2.24) is 0 Å². The maximum atomic E-state index is 11.7. The fourth-order valence-electron chi connectivity index (χ4n) is 1.27. The lowest BCUT2D eigenvalue weighted by atomic mass is 10.0. The molecule has 0 atom stereocenters. The zero-order valence-electron chi connectivity index (χ0n) is 9.56. The van der Waals surface area contributed by atoms with E-state index in [4.69, 9.17) is 4.74 Å². The number of aldehydes is 1. The quantitative estimate of drug-likeness (QED) is 0.333. The zero-order chi connectivity index (χ0) is 12.8. The van der Waals surface area contributed by atoms with Crippen LogP contribution in [0.5, 0.6) is 5.75 Å². The van der Waals surface area contributed by atoms with Crippen molar-refractivity contribution in [2.24, 2.45) is 0 Å². The molecule has 0 aliphatic carbocycles. The van der Waals surface area contributed by atoms with Crippen LogP contribution in [-0.4, -0.2) is 31.8 Å². The summed E-state index contributed by atoms with van der Waals surface area (Å²) >= 11 is 0. The summed E-state index contributed by atoms with van der Waals surface area (Å²) in [6.07, 6.45) is 0.506. The predicted octanol–water partition coefficient (Wildman–Crippen LogP) is 1.25. The van der Waals surface area contributed by atoms with Gasteiger partial charge in [-0.15, -0.1) is 0 Å². The second-order valence-electron chi connectivity index (χ2n) is 3.12. The second kappa shape index (κ2) is 5.79. The van der Waals surface area contributed by atoms with Crippen molar-refractivity contribution in [3.8, 4) is 5.75 Å². The minimum Gasteiger partial charge on any atom is -0.497 e. The van der Waals surface area contributed by atoms with Crippen LogP contribution in [0.3, 0.4) is 0 Å². The number of hydrogen-bond donors (Lipinski definition) is 0. The van der Waals surface area contributed by atoms with Crippen molar-refractivity contribution in [1.29, 1.82) is 0 Å². The average molecular weight is 236 g/mol. The minimum atomic E-state index is -0.983. The van der Waals surface area contributed by atoms with Crippen LogP contribution >= 0.6 is 0 Å². The van der Waals surface area contributed by atoms with Gasteiger partial charge in [0.05, 0.1) is 13.7 Å². The van der Waals surface area contributed by atoms with Gasteiger partial charge in [-0.1, -0.05) is 0 Å². The number of rotatable bonds is 5. The lowest BCUT2D eigenvalue weighted by molar-refractivity contribution is -0.137. The first-order valence-electron chi connectivity index (χ1n) is 4.98. The molecule has 17 heavy (non-hydrogen) atoms. The van der Waals surface area contributed by atoms with Gasteiger partial charge < -0.3 is 9.47 Å². The van der Waals surface area contributed by atoms with Crippen LogP contribution in [0, 0.1) is 0 Å². The van der Waals surface area contributed by atoms with Crippen LogP contribution in [0.25, 0.3) is 0 Å². The lowest BCUT2D eigenvalue weighted by Crippen LogP contribution is -2.19. The van der Waals surface area contributed by atoms with Gasteiger partial charge >= 0.3 is 5.97 Å². The Hall–Kier alpha value is -2.17. The summed E-state index contributed by atoms with van der Waals surface area (Å²) in [4.78, 5) is 33.7. The lowest BCUT2D eigenvalue weighted by Gasteiger charge is -2.06. The molecule has 0 N–H and O–H groups in total. The summed E-state index contributed by atoms with van der Waals surface area (Å²) < 4.78 is 9.51. The van der Waals surface area contributed by atoms with Gasteiger partial charge in [0, 0.05) is 11.1 Å². The molecule has 1 aromatic rings. The monoisotopic (exact) mass is 236 g/mol. The molecule has 5 heteroatoms. The summed E-state index contributed by atoms with van der Waals surface area (Å²) in [6, 6.07) is 4.28. The van der Waals surface area contributed by atoms with Crippen molar-refractivity contribution in [2.45, 2.75) is 6.92 Å². The number of carbonyl (C=O) groups excluding carboxylic acids is 3. The number of ketones is 1. The summed E-state index contributed by atoms with van der Waals surface area (Å²) in [5.74, 6) is -1.44. The van der Waals surface area contributed by atoms with E-state index in [-0.39, 0.29) is 17.7 Å². The number of hydrogen-bond acceptors (Lipinski definition) is 5. The summed E-state index contributed by atoms with van der Waals surface area (Å²) in [5, 5.41) is 0. The highest BCUT2D eigenvalue weighted by atomic mass is 16.5. The topological polar surface area (TPSA) is 69.7 Å². The normalized spacial score (nSPS) is 9.53. The fourth-order valence-corrected chi connectivity index (χ4v) is 1.27. The maximum absolute atomic E-state index is 11.7. The van der Waals surface area contributed by atoms with Crippen molar-refractivity contribution in [3.05, 3.63) is 29.3 Å². The van der Waals surface area contributed by atoms with Gasteiger partial charge in [0.1, 0.15) is 5.75 Å². The third-order valence-electron chi connectivity index (χ3n) is 2.09. The highest BCUT2D eigenvalue weighted by Crippen LogP contribution is 2.17. The Morgan fingerprint density at radius 3 is 2.59 bits per heavy atom. The van der Waals surface area contributed by atoms with Crippen LogP contribution < -0.4 is 4.74 Å². The first-order chi connectivity index (χ1) is 8.13. The van der Waals surface area contributed by atoms with E-state index < -0.39 is 11.8 Å². The Morgan fingerprint density at radius 2 is 2.06 bits per heavy atom. The molecule has 0 saturated carbocycles. The van der Waals surface area contributed by atoms with Gasteiger partial charge in [0.25, 0.3) is 5.78 Å². The molecule has 90 valence electrons. The molecular weight excluding hydrogens is 224 g/mol. The molecular formula is C12H12O5. The standard InChI is InChI=1S/C12H12O5/c1-3-17-12(15)11(14)10-6-9(16-2)5-4-8(10)7-13/h4-7H,3H2,1-2H3. The van der Waals surface area contributed by atoms with Crippen LogP contribution in [0.2, 0.25) is 0 Å². The van der Waals surface area contributed by atoms with Crippen molar-refractivity contribution < 1.29 is 23.9 Å². The molecule has 0 radical (unpaired) electrons. The number of Topliss-reactive ketones (excluding diaryl/α,β-unsaturated/α-hetero) is 1. The molecule has 0 amide bonds. The van der Waals surface area contributed by atoms with Gasteiger partial charge in [-0.05, 0) is 25.1 Å². The number of carbonyl (C=O) groups is 3. The van der Waals surface area contributed by atoms with Gasteiger partial charge in [-0.3, -0.25) is 9.59 Å². The number of ether oxygens (including phenoxy) is 2. The molecule has 0 aromatic heterocycles. The number of methoxy groups -OCH3 is 1. The fraction of sp³-hybridized carbons (Fsp3) is 0.250. The molecule has 0 spiro atoms. The Balaban J connectivity index is 3.13. The summed E-state index contributed by atoms with van der Waals surface area (Å²) in [6.45, 7) is 1.70. The van der Waals surface area contributed by atoms with E-state index in [2.05, 4.69) is 4.74 Å².